The summed E-state index contributed by atoms with van der Waals surface area (Å²) in [6.07, 6.45) is 2.08. The van der Waals surface area contributed by atoms with E-state index in [2.05, 4.69) is 10.3 Å². The van der Waals surface area contributed by atoms with Crippen molar-refractivity contribution in [1.29, 1.82) is 0 Å². The summed E-state index contributed by atoms with van der Waals surface area (Å²) in [5.41, 5.74) is 1.96. The number of ether oxygens (including phenoxy) is 1. The summed E-state index contributed by atoms with van der Waals surface area (Å²) < 4.78 is 23.8. The number of Topliss-reactive ketones (excluding diaryl/α,β-unsaturated/α-hetero) is 1. The van der Waals surface area contributed by atoms with Gasteiger partial charge in [0.25, 0.3) is 5.56 Å². The number of anilines is 1. The molecule has 0 bridgehead atoms. The molecule has 4 aromatic rings. The number of halogens is 1. The zero-order valence-electron chi connectivity index (χ0n) is 19.7. The van der Waals surface area contributed by atoms with Crippen LogP contribution in [-0.2, 0) is 24.7 Å². The number of amides is 1. The van der Waals surface area contributed by atoms with Crippen LogP contribution in [0.5, 0.6) is 11.5 Å². The van der Waals surface area contributed by atoms with Gasteiger partial charge in [0, 0.05) is 37.3 Å². The first-order valence-electron chi connectivity index (χ1n) is 11.4. The molecular formula is C27H23FN4O4. The maximum absolute atomic E-state index is 14.9. The van der Waals surface area contributed by atoms with Crippen LogP contribution in [0.15, 0.2) is 65.6 Å². The fourth-order valence-electron chi connectivity index (χ4n) is 4.37. The Morgan fingerprint density at radius 2 is 1.86 bits per heavy atom. The number of ketones is 1. The summed E-state index contributed by atoms with van der Waals surface area (Å²) >= 11 is 0. The minimum absolute atomic E-state index is 0.0150. The summed E-state index contributed by atoms with van der Waals surface area (Å²) in [4.78, 5) is 42.0. The molecule has 1 N–H and O–H groups in total. The van der Waals surface area contributed by atoms with Gasteiger partial charge in [-0.15, -0.1) is 0 Å². The first-order chi connectivity index (χ1) is 17.3. The van der Waals surface area contributed by atoms with E-state index in [0.29, 0.717) is 46.9 Å². The Hall–Kier alpha value is -4.53. The van der Waals surface area contributed by atoms with E-state index in [4.69, 9.17) is 4.74 Å². The van der Waals surface area contributed by atoms with Gasteiger partial charge in [-0.1, -0.05) is 24.3 Å². The highest BCUT2D eigenvalue weighted by Gasteiger charge is 2.23. The Morgan fingerprint density at radius 1 is 1.08 bits per heavy atom. The van der Waals surface area contributed by atoms with E-state index in [9.17, 15) is 18.8 Å². The van der Waals surface area contributed by atoms with E-state index >= 15 is 0 Å². The fourth-order valence-corrected chi connectivity index (χ4v) is 4.37. The van der Waals surface area contributed by atoms with Crippen LogP contribution in [0.3, 0.4) is 0 Å². The van der Waals surface area contributed by atoms with Crippen LogP contribution in [0.4, 0.5) is 10.2 Å². The molecule has 0 spiro atoms. The lowest BCUT2D eigenvalue weighted by molar-refractivity contribution is -0.116. The van der Waals surface area contributed by atoms with Gasteiger partial charge in [-0.3, -0.25) is 19.1 Å². The molecule has 8 nitrogen and oxygen atoms in total. The van der Waals surface area contributed by atoms with Gasteiger partial charge < -0.3 is 10.1 Å². The largest absolute Gasteiger partial charge is 0.454 e. The molecule has 3 heterocycles. The number of hydrogen-bond acceptors (Lipinski definition) is 5. The van der Waals surface area contributed by atoms with Crippen molar-refractivity contribution in [3.63, 3.8) is 0 Å². The molecule has 0 aliphatic carbocycles. The van der Waals surface area contributed by atoms with Crippen LogP contribution < -0.4 is 15.6 Å². The highest BCUT2D eigenvalue weighted by molar-refractivity contribution is 5.98. The van der Waals surface area contributed by atoms with Crippen molar-refractivity contribution in [2.45, 2.75) is 26.2 Å². The van der Waals surface area contributed by atoms with Crippen molar-refractivity contribution in [3.05, 3.63) is 99.3 Å². The molecule has 9 heteroatoms. The smallest absolute Gasteiger partial charge is 0.282 e. The number of aromatic nitrogens is 3. The first-order valence-corrected chi connectivity index (χ1v) is 11.4. The van der Waals surface area contributed by atoms with Gasteiger partial charge in [-0.05, 0) is 49.2 Å². The van der Waals surface area contributed by atoms with E-state index in [1.807, 2.05) is 18.2 Å². The number of fused-ring (bicyclic) bond motifs is 1. The van der Waals surface area contributed by atoms with Gasteiger partial charge in [0.1, 0.15) is 17.1 Å². The lowest BCUT2D eigenvalue weighted by Gasteiger charge is -2.19. The molecule has 0 unspecified atom stereocenters. The number of pyridine rings is 1. The maximum atomic E-state index is 14.9. The third kappa shape index (κ3) is 4.19. The van der Waals surface area contributed by atoms with Crippen molar-refractivity contribution in [2.24, 2.45) is 7.05 Å². The second-order valence-corrected chi connectivity index (χ2v) is 8.59. The van der Waals surface area contributed by atoms with Crippen LogP contribution in [0.1, 0.15) is 33.6 Å². The molecule has 2 aromatic heterocycles. The van der Waals surface area contributed by atoms with E-state index < -0.39 is 17.2 Å². The van der Waals surface area contributed by atoms with Crippen molar-refractivity contribution in [1.82, 2.24) is 14.3 Å². The Labute approximate surface area is 206 Å². The summed E-state index contributed by atoms with van der Waals surface area (Å²) in [6, 6.07) is 14.9. The van der Waals surface area contributed by atoms with Gasteiger partial charge in [0.2, 0.25) is 5.91 Å². The third-order valence-electron chi connectivity index (χ3n) is 6.29. The predicted molar refractivity (Wildman–Crippen MR) is 131 cm³/mol. The van der Waals surface area contributed by atoms with E-state index in [1.54, 1.807) is 42.9 Å². The van der Waals surface area contributed by atoms with Crippen molar-refractivity contribution in [2.75, 3.05) is 5.32 Å². The molecule has 36 heavy (non-hydrogen) atoms. The summed E-state index contributed by atoms with van der Waals surface area (Å²) in [5, 5.41) is 2.68. The fraction of sp³-hybridized carbons (Fsp3) is 0.185. The lowest BCUT2D eigenvalue weighted by Crippen LogP contribution is -2.23. The van der Waals surface area contributed by atoms with Crippen LogP contribution in [0.25, 0.3) is 5.69 Å². The van der Waals surface area contributed by atoms with Crippen LogP contribution in [0, 0.1) is 12.7 Å². The number of carbonyl (C=O) groups is 2. The molecule has 1 amide bonds. The Bertz CT molecular complexity index is 1560. The first kappa shape index (κ1) is 23.2. The zero-order valence-corrected chi connectivity index (χ0v) is 19.7. The monoisotopic (exact) mass is 486 g/mol. The number of hydrogen-bond donors (Lipinski definition) is 1. The molecule has 0 atom stereocenters. The van der Waals surface area contributed by atoms with Gasteiger partial charge in [0.15, 0.2) is 17.3 Å². The van der Waals surface area contributed by atoms with Crippen LogP contribution in [-0.4, -0.2) is 26.0 Å². The van der Waals surface area contributed by atoms with Gasteiger partial charge in [-0.2, -0.15) is 0 Å². The molecule has 0 saturated heterocycles. The molecule has 1 aliphatic heterocycles. The number of para-hydroxylation sites is 1. The quantitative estimate of drug-likeness (QED) is 0.414. The highest BCUT2D eigenvalue weighted by Crippen LogP contribution is 2.33. The predicted octanol–water partition coefficient (Wildman–Crippen LogP) is 4.12. The van der Waals surface area contributed by atoms with E-state index in [-0.39, 0.29) is 23.6 Å². The average molecular weight is 487 g/mol. The van der Waals surface area contributed by atoms with Gasteiger partial charge >= 0.3 is 0 Å². The summed E-state index contributed by atoms with van der Waals surface area (Å²) in [7, 11) is 1.72. The molecule has 1 aliphatic rings. The maximum Gasteiger partial charge on any atom is 0.282 e. The van der Waals surface area contributed by atoms with Crippen LogP contribution >= 0.6 is 0 Å². The molecule has 182 valence electrons. The minimum atomic E-state index is -0.641. The number of carbonyl (C=O) groups excluding carboxylic acids is 2. The van der Waals surface area contributed by atoms with Crippen molar-refractivity contribution >= 4 is 17.5 Å². The molecule has 0 fully saturated rings. The lowest BCUT2D eigenvalue weighted by atomic mass is 10.0. The van der Waals surface area contributed by atoms with E-state index in [1.165, 1.54) is 23.0 Å². The third-order valence-corrected chi connectivity index (χ3v) is 6.29. The molecular weight excluding hydrogens is 463 g/mol. The Morgan fingerprint density at radius 3 is 2.61 bits per heavy atom. The molecule has 5 rings (SSSR count). The highest BCUT2D eigenvalue weighted by atomic mass is 19.1. The number of rotatable bonds is 6. The van der Waals surface area contributed by atoms with E-state index in [0.717, 1.165) is 0 Å². The van der Waals surface area contributed by atoms with Crippen molar-refractivity contribution < 1.29 is 18.7 Å². The van der Waals surface area contributed by atoms with Crippen molar-refractivity contribution in [3.8, 4) is 17.2 Å². The van der Waals surface area contributed by atoms with Gasteiger partial charge in [0.05, 0.1) is 5.69 Å². The second-order valence-electron chi connectivity index (χ2n) is 8.59. The standard InChI is InChI=1S/C27H23FN4O4/c1-16-25(27(35)32(31(16)2)18-6-4-3-5-7-18)21(33)15-17-8-10-23(20(28)14-17)36-22-12-13-29-26-19(22)9-11-24(34)30-26/h3-8,10,12-14H,9,11,15H2,1-2H3,(H,29,30,34). The minimum Gasteiger partial charge on any atom is -0.454 e. The number of nitrogens with one attached hydrogen (secondary N) is 1. The zero-order chi connectivity index (χ0) is 25.4. The van der Waals surface area contributed by atoms with Gasteiger partial charge in [-0.25, -0.2) is 14.1 Å². The topological polar surface area (TPSA) is 95.2 Å². The summed E-state index contributed by atoms with van der Waals surface area (Å²) in [5.74, 6) is -0.364. The molecule has 2 aromatic carbocycles. The average Bonchev–Trinajstić information content (AvgIpc) is 3.09. The molecule has 0 radical (unpaired) electrons. The van der Waals surface area contributed by atoms with Crippen LogP contribution in [0.2, 0.25) is 0 Å². The second kappa shape index (κ2) is 9.26. The number of benzene rings is 2. The number of nitrogens with zero attached hydrogens (tertiary/aromatic N) is 3. The SMILES string of the molecule is Cc1c(C(=O)Cc2ccc(Oc3ccnc4c3CCC(=O)N4)c(F)c2)c(=O)n(-c2ccccc2)n1C. The molecule has 0 saturated carbocycles. The Kier molecular flexibility index (Phi) is 5.97. The summed E-state index contributed by atoms with van der Waals surface area (Å²) in [6.45, 7) is 1.71. The normalized spacial score (nSPS) is 12.7. The Balaban J connectivity index is 1.38.